The van der Waals surface area contributed by atoms with Crippen molar-refractivity contribution in [2.75, 3.05) is 7.05 Å². The SMILES string of the molecule is C[N-][C@H](C)c1ccc(C(C)(F)F)cc1.[K+]. The second-order valence-corrected chi connectivity index (χ2v) is 3.44. The van der Waals surface area contributed by atoms with Crippen LogP contribution in [0.4, 0.5) is 8.78 Å². The molecule has 1 atom stereocenters. The first-order valence-electron chi connectivity index (χ1n) is 4.52. The minimum atomic E-state index is -2.76. The molecule has 0 radical (unpaired) electrons. The molecule has 0 heterocycles. The molecule has 0 aliphatic heterocycles. The average Bonchev–Trinajstić information content (AvgIpc) is 2.15. The maximum absolute atomic E-state index is 12.8. The first-order valence-corrected chi connectivity index (χ1v) is 4.52. The van der Waals surface area contributed by atoms with Gasteiger partial charge in [0.1, 0.15) is 0 Å². The van der Waals surface area contributed by atoms with E-state index >= 15 is 0 Å². The first-order chi connectivity index (χ1) is 6.45. The zero-order chi connectivity index (χ0) is 10.8. The smallest absolute Gasteiger partial charge is 0.659 e. The minimum Gasteiger partial charge on any atom is -0.659 e. The van der Waals surface area contributed by atoms with E-state index in [4.69, 9.17) is 0 Å². The summed E-state index contributed by atoms with van der Waals surface area (Å²) < 4.78 is 25.7. The predicted molar refractivity (Wildman–Crippen MR) is 53.7 cm³/mol. The third-order valence-electron chi connectivity index (χ3n) is 2.29. The molecule has 1 rings (SSSR count). The van der Waals surface area contributed by atoms with Crippen LogP contribution in [-0.4, -0.2) is 7.05 Å². The van der Waals surface area contributed by atoms with Gasteiger partial charge in [-0.25, -0.2) is 8.78 Å². The zero-order valence-corrected chi connectivity index (χ0v) is 12.7. The molecular weight excluding hydrogens is 223 g/mol. The van der Waals surface area contributed by atoms with E-state index < -0.39 is 5.92 Å². The van der Waals surface area contributed by atoms with Crippen LogP contribution in [0.25, 0.3) is 5.32 Å². The average molecular weight is 237 g/mol. The van der Waals surface area contributed by atoms with Crippen LogP contribution in [0, 0.1) is 0 Å². The molecule has 78 valence electrons. The quantitative estimate of drug-likeness (QED) is 0.693. The molecule has 0 saturated carbocycles. The van der Waals surface area contributed by atoms with Crippen LogP contribution in [0.5, 0.6) is 0 Å². The van der Waals surface area contributed by atoms with Gasteiger partial charge in [-0.3, -0.25) is 0 Å². The maximum atomic E-state index is 12.8. The number of benzene rings is 1. The second kappa shape index (κ2) is 6.42. The van der Waals surface area contributed by atoms with Gasteiger partial charge in [0.15, 0.2) is 0 Å². The van der Waals surface area contributed by atoms with Gasteiger partial charge >= 0.3 is 51.4 Å². The Morgan fingerprint density at radius 1 is 1.20 bits per heavy atom. The molecule has 4 heteroatoms. The number of alkyl halides is 2. The third-order valence-corrected chi connectivity index (χ3v) is 2.29. The van der Waals surface area contributed by atoms with Crippen molar-refractivity contribution in [2.24, 2.45) is 0 Å². The molecule has 0 saturated heterocycles. The van der Waals surface area contributed by atoms with Gasteiger partial charge in [0.05, 0.1) is 0 Å². The molecule has 1 aromatic carbocycles. The van der Waals surface area contributed by atoms with Gasteiger partial charge in [-0.05, 0) is 0 Å². The summed E-state index contributed by atoms with van der Waals surface area (Å²) in [5, 5.41) is 4.06. The van der Waals surface area contributed by atoms with Crippen LogP contribution in [0.3, 0.4) is 0 Å². The predicted octanol–water partition coefficient (Wildman–Crippen LogP) is 0.867. The zero-order valence-electron chi connectivity index (χ0n) is 9.59. The largest absolute Gasteiger partial charge is 1.00 e. The summed E-state index contributed by atoms with van der Waals surface area (Å²) in [7, 11) is 1.72. The Hall–Kier alpha value is 0.676. The topological polar surface area (TPSA) is 14.1 Å². The molecule has 0 aliphatic carbocycles. The Bertz CT molecular complexity index is 292. The molecule has 1 aromatic rings. The van der Waals surface area contributed by atoms with Crippen molar-refractivity contribution in [2.45, 2.75) is 25.8 Å². The molecular formula is C11H14F2KN. The Labute approximate surface area is 132 Å². The van der Waals surface area contributed by atoms with Gasteiger partial charge in [0, 0.05) is 12.5 Å². The van der Waals surface area contributed by atoms with Gasteiger partial charge in [-0.15, -0.1) is 6.04 Å². The summed E-state index contributed by atoms with van der Waals surface area (Å²) in [6.07, 6.45) is 0. The van der Waals surface area contributed by atoms with Crippen molar-refractivity contribution in [1.29, 1.82) is 0 Å². The van der Waals surface area contributed by atoms with Crippen LogP contribution >= 0.6 is 0 Å². The van der Waals surface area contributed by atoms with E-state index in [0.717, 1.165) is 12.5 Å². The Balaban J connectivity index is 0.00000196. The molecule has 0 bridgehead atoms. The number of nitrogens with zero attached hydrogens (tertiary/aromatic N) is 1. The van der Waals surface area contributed by atoms with Crippen molar-refractivity contribution >= 4 is 0 Å². The van der Waals surface area contributed by atoms with Gasteiger partial charge in [0.2, 0.25) is 0 Å². The molecule has 0 aliphatic rings. The van der Waals surface area contributed by atoms with Crippen molar-refractivity contribution in [3.05, 3.63) is 40.7 Å². The monoisotopic (exact) mass is 237 g/mol. The molecule has 0 spiro atoms. The summed E-state index contributed by atoms with van der Waals surface area (Å²) in [6.45, 7) is 2.83. The minimum absolute atomic E-state index is 0. The van der Waals surface area contributed by atoms with Crippen molar-refractivity contribution in [3.8, 4) is 0 Å². The van der Waals surface area contributed by atoms with Gasteiger partial charge < -0.3 is 5.32 Å². The van der Waals surface area contributed by atoms with Crippen LogP contribution in [0.1, 0.15) is 31.0 Å². The molecule has 0 fully saturated rings. The number of hydrogen-bond acceptors (Lipinski definition) is 0. The fourth-order valence-electron chi connectivity index (χ4n) is 1.20. The Kier molecular flexibility index (Phi) is 6.71. The van der Waals surface area contributed by atoms with Crippen LogP contribution in [0.15, 0.2) is 24.3 Å². The maximum Gasteiger partial charge on any atom is 1.00 e. The van der Waals surface area contributed by atoms with E-state index in [1.54, 1.807) is 19.2 Å². The summed E-state index contributed by atoms with van der Waals surface area (Å²) in [5.74, 6) is -2.76. The molecule has 1 nitrogen and oxygen atoms in total. The van der Waals surface area contributed by atoms with E-state index in [2.05, 4.69) is 5.32 Å². The molecule has 0 N–H and O–H groups in total. The van der Waals surface area contributed by atoms with Crippen molar-refractivity contribution in [3.63, 3.8) is 0 Å². The standard InChI is InChI=1S/C11H14F2N.K/c1-8(14-3)9-4-6-10(7-5-9)11(2,12)13;/h4-8H,1-3H3;/q-1;+1/t8-;/m1./s1. The Morgan fingerprint density at radius 2 is 1.67 bits per heavy atom. The van der Waals surface area contributed by atoms with Crippen molar-refractivity contribution in [1.82, 2.24) is 0 Å². The van der Waals surface area contributed by atoms with E-state index in [-0.39, 0.29) is 63.0 Å². The fraction of sp³-hybridized carbons (Fsp3) is 0.455. The Morgan fingerprint density at radius 3 is 2.00 bits per heavy atom. The summed E-state index contributed by atoms with van der Waals surface area (Å²) in [6, 6.07) is 6.37. The number of rotatable bonds is 3. The molecule has 0 unspecified atom stereocenters. The normalized spacial score (nSPS) is 13.1. The van der Waals surface area contributed by atoms with Gasteiger partial charge in [0.25, 0.3) is 5.92 Å². The van der Waals surface area contributed by atoms with Crippen LogP contribution in [-0.2, 0) is 5.92 Å². The molecule has 0 amide bonds. The molecule has 15 heavy (non-hydrogen) atoms. The van der Waals surface area contributed by atoms with Gasteiger partial charge in [-0.2, -0.15) is 7.05 Å². The second-order valence-electron chi connectivity index (χ2n) is 3.44. The fourth-order valence-corrected chi connectivity index (χ4v) is 1.20. The molecule has 0 aromatic heterocycles. The van der Waals surface area contributed by atoms with Gasteiger partial charge in [-0.1, -0.05) is 36.8 Å². The third kappa shape index (κ3) is 4.59. The first kappa shape index (κ1) is 15.7. The van der Waals surface area contributed by atoms with E-state index in [1.165, 1.54) is 12.1 Å². The number of hydrogen-bond donors (Lipinski definition) is 0. The van der Waals surface area contributed by atoms with E-state index in [1.807, 2.05) is 6.92 Å². The van der Waals surface area contributed by atoms with Crippen LogP contribution < -0.4 is 51.4 Å². The van der Waals surface area contributed by atoms with Crippen LogP contribution in [0.2, 0.25) is 0 Å². The van der Waals surface area contributed by atoms with E-state index in [9.17, 15) is 8.78 Å². The van der Waals surface area contributed by atoms with E-state index in [0.29, 0.717) is 0 Å². The van der Waals surface area contributed by atoms with Crippen molar-refractivity contribution < 1.29 is 60.2 Å². The summed E-state index contributed by atoms with van der Waals surface area (Å²) in [5.41, 5.74) is 1.00. The summed E-state index contributed by atoms with van der Waals surface area (Å²) >= 11 is 0. The number of halogens is 2. The summed E-state index contributed by atoms with van der Waals surface area (Å²) in [4.78, 5) is 0.